The van der Waals surface area contributed by atoms with E-state index in [2.05, 4.69) is 37.3 Å². The molecule has 3 nitrogen and oxygen atoms in total. The van der Waals surface area contributed by atoms with E-state index >= 15 is 0 Å². The second kappa shape index (κ2) is 8.75. The van der Waals surface area contributed by atoms with Crippen LogP contribution in [0.4, 0.5) is 13.2 Å². The summed E-state index contributed by atoms with van der Waals surface area (Å²) in [5.41, 5.74) is -5.65. The van der Waals surface area contributed by atoms with Crippen LogP contribution in [-0.4, -0.2) is 22.9 Å². The molecule has 0 N–H and O–H groups in total. The molecule has 1 rings (SSSR count). The summed E-state index contributed by atoms with van der Waals surface area (Å²) >= 11 is 0.320. The standard InChI is InChI=1S/C10H14I.CHF3O3S/c1-2-3-9-11-10-7-5-4-6-8-10;2-1(3,4)8(5,6)7/h4-8H,2-3,9H2,1H3;(H,5,6,7)/q+1;/p-1. The summed E-state index contributed by atoms with van der Waals surface area (Å²) in [7, 11) is -6.09. The molecule has 0 saturated heterocycles. The highest BCUT2D eigenvalue weighted by molar-refractivity contribution is 7.86. The summed E-state index contributed by atoms with van der Waals surface area (Å²) in [6, 6.07) is 10.9. The first kappa shape index (κ1) is 18.7. The van der Waals surface area contributed by atoms with E-state index in [-0.39, 0.29) is 0 Å². The summed E-state index contributed by atoms with van der Waals surface area (Å²) in [4.78, 5) is 0. The van der Waals surface area contributed by atoms with E-state index in [1.54, 1.807) is 3.57 Å². The Balaban J connectivity index is 0.000000362. The average Bonchev–Trinajstić information content (AvgIpc) is 2.29. The topological polar surface area (TPSA) is 57.2 Å². The normalized spacial score (nSPS) is 11.6. The van der Waals surface area contributed by atoms with Crippen LogP contribution in [0.2, 0.25) is 0 Å². The van der Waals surface area contributed by atoms with Gasteiger partial charge in [0.2, 0.25) is 0 Å². The molecule has 0 aromatic heterocycles. The van der Waals surface area contributed by atoms with Crippen molar-refractivity contribution >= 4 is 10.1 Å². The minimum Gasteiger partial charge on any atom is -0.741 e. The van der Waals surface area contributed by atoms with E-state index in [0.29, 0.717) is 21.2 Å². The van der Waals surface area contributed by atoms with Crippen molar-refractivity contribution in [2.45, 2.75) is 25.3 Å². The molecular weight excluding hydrogens is 396 g/mol. The first-order valence-electron chi connectivity index (χ1n) is 5.35. The first-order chi connectivity index (χ1) is 8.68. The van der Waals surface area contributed by atoms with Crippen molar-refractivity contribution in [3.8, 4) is 0 Å². The van der Waals surface area contributed by atoms with Gasteiger partial charge in [-0.3, -0.25) is 0 Å². The van der Waals surface area contributed by atoms with Gasteiger partial charge in [-0.05, 0) is 18.6 Å². The predicted octanol–water partition coefficient (Wildman–Crippen LogP) is -0.203. The molecule has 0 heterocycles. The van der Waals surface area contributed by atoms with Crippen LogP contribution >= 0.6 is 0 Å². The van der Waals surface area contributed by atoms with E-state index in [1.165, 1.54) is 17.3 Å². The molecule has 0 radical (unpaired) electrons. The predicted molar refractivity (Wildman–Crippen MR) is 60.7 cm³/mol. The minimum absolute atomic E-state index is 0.320. The first-order valence-corrected chi connectivity index (χ1v) is 9.36. The molecule has 0 aliphatic carbocycles. The summed E-state index contributed by atoms with van der Waals surface area (Å²) < 4.78 is 61.9. The fourth-order valence-corrected chi connectivity index (χ4v) is 3.50. The molecule has 0 fully saturated rings. The summed E-state index contributed by atoms with van der Waals surface area (Å²) in [6.45, 7) is 2.26. The Bertz CT molecular complexity index is 446. The van der Waals surface area contributed by atoms with Gasteiger partial charge in [0.05, 0.1) is 0 Å². The smallest absolute Gasteiger partial charge is 0.485 e. The molecule has 0 saturated carbocycles. The van der Waals surface area contributed by atoms with Crippen LogP contribution < -0.4 is 21.2 Å². The van der Waals surface area contributed by atoms with E-state index < -0.39 is 15.6 Å². The second-order valence-corrected chi connectivity index (χ2v) is 7.83. The number of unbranched alkanes of at least 4 members (excludes halogenated alkanes) is 1. The molecule has 1 aromatic rings. The fourth-order valence-electron chi connectivity index (χ4n) is 0.813. The SMILES string of the molecule is CCCC[I+]c1ccccc1.O=S(=O)([O-])C(F)(F)F. The van der Waals surface area contributed by atoms with Gasteiger partial charge in [0.15, 0.2) is 13.7 Å². The molecule has 0 atom stereocenters. The highest BCUT2D eigenvalue weighted by Crippen LogP contribution is 2.20. The van der Waals surface area contributed by atoms with E-state index in [9.17, 15) is 13.2 Å². The molecule has 0 bridgehead atoms. The average molecular weight is 410 g/mol. The zero-order chi connectivity index (χ0) is 14.9. The molecule has 0 spiro atoms. The minimum atomic E-state index is -6.09. The summed E-state index contributed by atoms with van der Waals surface area (Å²) in [6.07, 6.45) is 2.74. The lowest BCUT2D eigenvalue weighted by atomic mass is 10.4. The van der Waals surface area contributed by atoms with Gasteiger partial charge in [-0.2, -0.15) is 13.2 Å². The molecule has 110 valence electrons. The van der Waals surface area contributed by atoms with E-state index in [0.717, 1.165) is 0 Å². The van der Waals surface area contributed by atoms with E-state index in [1.807, 2.05) is 0 Å². The Morgan fingerprint density at radius 1 is 1.21 bits per heavy atom. The van der Waals surface area contributed by atoms with Crippen molar-refractivity contribution in [2.75, 3.05) is 4.43 Å². The van der Waals surface area contributed by atoms with Gasteiger partial charge in [-0.25, -0.2) is 8.42 Å². The van der Waals surface area contributed by atoms with Crippen molar-refractivity contribution in [2.24, 2.45) is 0 Å². The Labute approximate surface area is 121 Å². The third-order valence-electron chi connectivity index (χ3n) is 1.75. The second-order valence-electron chi connectivity index (χ2n) is 3.37. The molecule has 0 aliphatic rings. The number of halogens is 4. The molecule has 8 heteroatoms. The van der Waals surface area contributed by atoms with Crippen LogP contribution in [0.3, 0.4) is 0 Å². The Morgan fingerprint density at radius 3 is 2.05 bits per heavy atom. The van der Waals surface area contributed by atoms with Gasteiger partial charge in [0, 0.05) is 0 Å². The summed E-state index contributed by atoms with van der Waals surface area (Å²) in [5, 5.41) is 0. The maximum atomic E-state index is 10.7. The van der Waals surface area contributed by atoms with Gasteiger partial charge >= 0.3 is 26.7 Å². The maximum Gasteiger partial charge on any atom is 0.485 e. The lowest BCUT2D eigenvalue weighted by Gasteiger charge is -2.08. The van der Waals surface area contributed by atoms with Gasteiger partial charge in [0.1, 0.15) is 4.43 Å². The maximum absolute atomic E-state index is 10.7. The van der Waals surface area contributed by atoms with Crippen molar-refractivity contribution < 1.29 is 47.3 Å². The Kier molecular flexibility index (Phi) is 8.59. The lowest BCUT2D eigenvalue weighted by Crippen LogP contribution is -3.62. The Hall–Kier alpha value is -0.350. The van der Waals surface area contributed by atoms with Gasteiger partial charge in [0.25, 0.3) is 0 Å². The molecule has 0 unspecified atom stereocenters. The van der Waals surface area contributed by atoms with Crippen LogP contribution in [0, 0.1) is 3.57 Å². The van der Waals surface area contributed by atoms with Crippen LogP contribution in [0.5, 0.6) is 0 Å². The molecule has 0 aliphatic heterocycles. The van der Waals surface area contributed by atoms with Crippen LogP contribution in [0.1, 0.15) is 19.8 Å². The number of rotatable bonds is 4. The van der Waals surface area contributed by atoms with Crippen molar-refractivity contribution in [1.29, 1.82) is 0 Å². The largest absolute Gasteiger partial charge is 0.741 e. The number of benzene rings is 1. The highest BCUT2D eigenvalue weighted by Gasteiger charge is 2.36. The molecule has 0 amide bonds. The van der Waals surface area contributed by atoms with Gasteiger partial charge in [-0.1, -0.05) is 31.5 Å². The third kappa shape index (κ3) is 9.22. The van der Waals surface area contributed by atoms with Crippen molar-refractivity contribution in [3.63, 3.8) is 0 Å². The zero-order valence-electron chi connectivity index (χ0n) is 10.2. The molecular formula is C11H14F3IO3S. The quantitative estimate of drug-likeness (QED) is 0.227. The molecule has 1 aromatic carbocycles. The third-order valence-corrected chi connectivity index (χ3v) is 5.22. The molecule has 19 heavy (non-hydrogen) atoms. The lowest BCUT2D eigenvalue weighted by molar-refractivity contribution is -0.627. The van der Waals surface area contributed by atoms with E-state index in [4.69, 9.17) is 13.0 Å². The fraction of sp³-hybridized carbons (Fsp3) is 0.455. The van der Waals surface area contributed by atoms with Gasteiger partial charge < -0.3 is 4.55 Å². The van der Waals surface area contributed by atoms with Crippen LogP contribution in [0.25, 0.3) is 0 Å². The Morgan fingerprint density at radius 2 is 1.68 bits per heavy atom. The van der Waals surface area contributed by atoms with Gasteiger partial charge in [-0.15, -0.1) is 0 Å². The van der Waals surface area contributed by atoms with Crippen molar-refractivity contribution in [3.05, 3.63) is 33.9 Å². The van der Waals surface area contributed by atoms with Crippen LogP contribution in [-0.2, 0) is 10.1 Å². The summed E-state index contributed by atoms with van der Waals surface area (Å²) in [5.74, 6) is 0. The number of hydrogen-bond donors (Lipinski definition) is 0. The monoisotopic (exact) mass is 410 g/mol. The number of hydrogen-bond acceptors (Lipinski definition) is 3. The van der Waals surface area contributed by atoms with Crippen molar-refractivity contribution in [1.82, 2.24) is 0 Å². The zero-order valence-corrected chi connectivity index (χ0v) is 13.1. The number of alkyl halides is 4. The highest BCUT2D eigenvalue weighted by atomic mass is 127. The van der Waals surface area contributed by atoms with Crippen LogP contribution in [0.15, 0.2) is 30.3 Å².